The van der Waals surface area contributed by atoms with Crippen molar-refractivity contribution >= 4 is 23.6 Å². The third kappa shape index (κ3) is 1.44. The van der Waals surface area contributed by atoms with Crippen LogP contribution in [0, 0.1) is 0 Å². The lowest BCUT2D eigenvalue weighted by Gasteiger charge is -2.19. The summed E-state index contributed by atoms with van der Waals surface area (Å²) in [4.78, 5) is 24.7. The molecule has 15 heavy (non-hydrogen) atoms. The molecule has 0 fully saturated rings. The third-order valence-electron chi connectivity index (χ3n) is 2.32. The molecule has 0 aliphatic carbocycles. The highest BCUT2D eigenvalue weighted by Crippen LogP contribution is 2.25. The normalized spacial score (nSPS) is 16.8. The number of hydrogen-bond donors (Lipinski definition) is 1. The highest BCUT2D eigenvalue weighted by molar-refractivity contribution is 7.99. The van der Waals surface area contributed by atoms with Gasteiger partial charge in [0, 0.05) is 0 Å². The number of amides is 2. The van der Waals surface area contributed by atoms with Crippen LogP contribution in [0.5, 0.6) is 0 Å². The van der Waals surface area contributed by atoms with Gasteiger partial charge in [0.2, 0.25) is 0 Å². The van der Waals surface area contributed by atoms with Crippen LogP contribution < -0.4 is 5.73 Å². The smallest absolute Gasteiger partial charge is 0.263 e. The zero-order valence-corrected chi connectivity index (χ0v) is 8.95. The Kier molecular flexibility index (Phi) is 2.50. The molecule has 4 nitrogen and oxygen atoms in total. The van der Waals surface area contributed by atoms with Gasteiger partial charge in [-0.25, -0.2) is 4.90 Å². The summed E-state index contributed by atoms with van der Waals surface area (Å²) in [5, 5.41) is 0. The summed E-state index contributed by atoms with van der Waals surface area (Å²) in [6.45, 7) is 0. The van der Waals surface area contributed by atoms with E-state index < -0.39 is 5.50 Å². The lowest BCUT2D eigenvalue weighted by Crippen LogP contribution is -2.43. The first kappa shape index (κ1) is 10.2. The van der Waals surface area contributed by atoms with Crippen molar-refractivity contribution in [3.63, 3.8) is 0 Å². The fourth-order valence-electron chi connectivity index (χ4n) is 1.54. The first-order valence-electron chi connectivity index (χ1n) is 4.42. The minimum Gasteiger partial charge on any atom is -0.302 e. The first-order valence-corrected chi connectivity index (χ1v) is 5.71. The van der Waals surface area contributed by atoms with E-state index >= 15 is 0 Å². The number of nitrogens with two attached hydrogens (primary N) is 1. The highest BCUT2D eigenvalue weighted by Gasteiger charge is 2.38. The molecule has 2 N–H and O–H groups in total. The van der Waals surface area contributed by atoms with Gasteiger partial charge in [-0.15, -0.1) is 11.8 Å². The summed E-state index contributed by atoms with van der Waals surface area (Å²) in [7, 11) is 0. The molecule has 1 heterocycles. The van der Waals surface area contributed by atoms with E-state index in [1.807, 2.05) is 0 Å². The molecule has 0 saturated carbocycles. The zero-order chi connectivity index (χ0) is 11.0. The molecule has 1 atom stereocenters. The molecule has 0 radical (unpaired) electrons. The van der Waals surface area contributed by atoms with Crippen molar-refractivity contribution in [2.24, 2.45) is 5.73 Å². The highest BCUT2D eigenvalue weighted by atomic mass is 32.2. The van der Waals surface area contributed by atoms with Gasteiger partial charge in [-0.2, -0.15) is 0 Å². The molecule has 1 aliphatic heterocycles. The van der Waals surface area contributed by atoms with Gasteiger partial charge >= 0.3 is 0 Å². The van der Waals surface area contributed by atoms with E-state index in [-0.39, 0.29) is 11.8 Å². The maximum Gasteiger partial charge on any atom is 0.263 e. The number of benzene rings is 1. The van der Waals surface area contributed by atoms with Gasteiger partial charge < -0.3 is 5.73 Å². The quantitative estimate of drug-likeness (QED) is 0.596. The second kappa shape index (κ2) is 3.67. The summed E-state index contributed by atoms with van der Waals surface area (Å²) in [5.74, 6) is -0.616. The van der Waals surface area contributed by atoms with Crippen LogP contribution in [0.15, 0.2) is 24.3 Å². The molecule has 5 heteroatoms. The summed E-state index contributed by atoms with van der Waals surface area (Å²) in [6, 6.07) is 6.75. The fraction of sp³-hybridized carbons (Fsp3) is 0.200. The molecule has 2 rings (SSSR count). The summed E-state index contributed by atoms with van der Waals surface area (Å²) in [6.07, 6.45) is 1.76. The minimum absolute atomic E-state index is 0.308. The number of thioether (sulfide) groups is 1. The lowest BCUT2D eigenvalue weighted by molar-refractivity contribution is 0.0641. The molecule has 0 saturated heterocycles. The van der Waals surface area contributed by atoms with Crippen molar-refractivity contribution in [1.29, 1.82) is 0 Å². The Hall–Kier alpha value is -1.33. The molecule has 0 bridgehead atoms. The van der Waals surface area contributed by atoms with Gasteiger partial charge in [-0.3, -0.25) is 9.59 Å². The largest absolute Gasteiger partial charge is 0.302 e. The summed E-state index contributed by atoms with van der Waals surface area (Å²) in [5.41, 5.74) is 5.95. The van der Waals surface area contributed by atoms with Crippen LogP contribution in [-0.4, -0.2) is 28.5 Å². The zero-order valence-electron chi connectivity index (χ0n) is 8.14. The van der Waals surface area contributed by atoms with Crippen LogP contribution >= 0.6 is 11.8 Å². The average Bonchev–Trinajstić information content (AvgIpc) is 2.52. The predicted octanol–water partition coefficient (Wildman–Crippen LogP) is 0.888. The fourth-order valence-corrected chi connectivity index (χ4v) is 1.95. The Balaban J connectivity index is 2.45. The second-order valence-electron chi connectivity index (χ2n) is 3.15. The maximum atomic E-state index is 11.8. The molecular weight excluding hydrogens is 212 g/mol. The van der Waals surface area contributed by atoms with Crippen molar-refractivity contribution in [3.05, 3.63) is 35.4 Å². The monoisotopic (exact) mass is 222 g/mol. The Morgan fingerprint density at radius 3 is 2.07 bits per heavy atom. The van der Waals surface area contributed by atoms with E-state index in [1.54, 1.807) is 30.5 Å². The van der Waals surface area contributed by atoms with Crippen LogP contribution in [0.2, 0.25) is 0 Å². The molecule has 1 aliphatic rings. The van der Waals surface area contributed by atoms with Crippen molar-refractivity contribution in [1.82, 2.24) is 4.90 Å². The second-order valence-corrected chi connectivity index (χ2v) is 4.11. The van der Waals surface area contributed by atoms with Crippen molar-refractivity contribution in [3.8, 4) is 0 Å². The van der Waals surface area contributed by atoms with Crippen LogP contribution in [-0.2, 0) is 0 Å². The van der Waals surface area contributed by atoms with Crippen LogP contribution in [0.4, 0.5) is 0 Å². The Morgan fingerprint density at radius 2 is 1.67 bits per heavy atom. The molecular formula is C10H10N2O2S. The minimum atomic E-state index is -0.614. The van der Waals surface area contributed by atoms with E-state index in [4.69, 9.17) is 5.73 Å². The number of hydrogen-bond acceptors (Lipinski definition) is 4. The van der Waals surface area contributed by atoms with Gasteiger partial charge in [0.1, 0.15) is 5.50 Å². The van der Waals surface area contributed by atoms with Crippen molar-refractivity contribution < 1.29 is 9.59 Å². The summed E-state index contributed by atoms with van der Waals surface area (Å²) < 4.78 is 0. The van der Waals surface area contributed by atoms with Crippen molar-refractivity contribution in [2.75, 3.05) is 6.26 Å². The molecule has 2 amide bonds. The van der Waals surface area contributed by atoms with Crippen LogP contribution in [0.25, 0.3) is 0 Å². The number of imide groups is 1. The summed E-state index contributed by atoms with van der Waals surface area (Å²) >= 11 is 1.26. The molecule has 78 valence electrons. The molecule has 0 spiro atoms. The standard InChI is InChI=1S/C10H10N2O2S/c1-15-10(11)12-8(13)6-4-2-3-5-7(6)9(12)14/h2-5,10H,11H2,1H3. The number of fused-ring (bicyclic) bond motifs is 1. The van der Waals surface area contributed by atoms with E-state index in [0.717, 1.165) is 4.90 Å². The van der Waals surface area contributed by atoms with Crippen LogP contribution in [0.3, 0.4) is 0 Å². The van der Waals surface area contributed by atoms with Crippen LogP contribution in [0.1, 0.15) is 20.7 Å². The third-order valence-corrected chi connectivity index (χ3v) is 3.02. The van der Waals surface area contributed by atoms with E-state index in [1.165, 1.54) is 11.8 Å². The molecule has 1 unspecified atom stereocenters. The number of carbonyl (C=O) groups excluding carboxylic acids is 2. The van der Waals surface area contributed by atoms with Gasteiger partial charge in [-0.05, 0) is 18.4 Å². The Labute approximate surface area is 91.4 Å². The van der Waals surface area contributed by atoms with Gasteiger partial charge in [0.25, 0.3) is 11.8 Å². The molecule has 1 aromatic carbocycles. The first-order chi connectivity index (χ1) is 7.16. The van der Waals surface area contributed by atoms with E-state index in [9.17, 15) is 9.59 Å². The van der Waals surface area contributed by atoms with E-state index in [2.05, 4.69) is 0 Å². The van der Waals surface area contributed by atoms with Gasteiger partial charge in [0.05, 0.1) is 11.1 Å². The van der Waals surface area contributed by atoms with Gasteiger partial charge in [0.15, 0.2) is 0 Å². The van der Waals surface area contributed by atoms with E-state index in [0.29, 0.717) is 11.1 Å². The Morgan fingerprint density at radius 1 is 1.20 bits per heavy atom. The SMILES string of the molecule is CSC(N)N1C(=O)c2ccccc2C1=O. The number of carbonyl (C=O) groups is 2. The van der Waals surface area contributed by atoms with Gasteiger partial charge in [-0.1, -0.05) is 12.1 Å². The number of rotatable bonds is 2. The molecule has 1 aromatic rings. The topological polar surface area (TPSA) is 63.4 Å². The van der Waals surface area contributed by atoms with Crippen molar-refractivity contribution in [2.45, 2.75) is 5.50 Å². The Bertz CT molecular complexity index is 398. The number of nitrogens with zero attached hydrogens (tertiary/aromatic N) is 1. The predicted molar refractivity (Wildman–Crippen MR) is 58.4 cm³/mol. The lowest BCUT2D eigenvalue weighted by atomic mass is 10.1. The molecule has 0 aromatic heterocycles. The maximum absolute atomic E-state index is 11.8. The average molecular weight is 222 g/mol.